The Balaban J connectivity index is 3.03. The summed E-state index contributed by atoms with van der Waals surface area (Å²) in [5.41, 5.74) is -0.437. The van der Waals surface area contributed by atoms with Gasteiger partial charge < -0.3 is 0 Å². The molecule has 0 atom stereocenters. The van der Waals surface area contributed by atoms with Gasteiger partial charge in [-0.15, -0.1) is 5.10 Å². The Bertz CT molecular complexity index is 530. The van der Waals surface area contributed by atoms with Gasteiger partial charge in [-0.05, 0) is 6.07 Å². The Morgan fingerprint density at radius 3 is 3.00 bits per heavy atom. The third-order valence-electron chi connectivity index (χ3n) is 1.69. The maximum Gasteiger partial charge on any atom is 0.350 e. The van der Waals surface area contributed by atoms with E-state index in [1.165, 1.54) is 13.2 Å². The van der Waals surface area contributed by atoms with E-state index >= 15 is 0 Å². The highest BCUT2D eigenvalue weighted by Crippen LogP contribution is 2.12. The van der Waals surface area contributed by atoms with Crippen molar-refractivity contribution in [1.29, 1.82) is 0 Å². The molecule has 2 rings (SSSR count). The third kappa shape index (κ3) is 1.12. The largest absolute Gasteiger partial charge is 0.350 e. The quantitative estimate of drug-likeness (QED) is 0.633. The minimum Gasteiger partial charge on any atom is -0.246 e. The summed E-state index contributed by atoms with van der Waals surface area (Å²) in [5, 5.41) is 3.85. The molecule has 2 aromatic heterocycles. The molecule has 0 amide bonds. The van der Waals surface area contributed by atoms with Gasteiger partial charge in [-0.2, -0.15) is 0 Å². The first-order valence-electron chi connectivity index (χ1n) is 3.50. The lowest BCUT2D eigenvalue weighted by Crippen LogP contribution is -2.17. The minimum atomic E-state index is -0.606. The first-order chi connectivity index (χ1) is 6.09. The molecule has 0 aliphatic rings. The van der Waals surface area contributed by atoms with E-state index in [4.69, 9.17) is 11.6 Å². The van der Waals surface area contributed by atoms with E-state index in [0.717, 1.165) is 15.1 Å². The number of pyridine rings is 1. The molecule has 2 aromatic rings. The Labute approximate surface area is 77.2 Å². The summed E-state index contributed by atoms with van der Waals surface area (Å²) in [6, 6.07) is 1.11. The number of aromatic nitrogens is 3. The molecule has 6 heteroatoms. The number of nitrogens with zero attached hydrogens (tertiary/aromatic N) is 3. The van der Waals surface area contributed by atoms with Crippen molar-refractivity contribution in [2.24, 2.45) is 7.05 Å². The molecule has 0 bridgehead atoms. The molecule has 0 fully saturated rings. The van der Waals surface area contributed by atoms with Crippen molar-refractivity contribution in [2.45, 2.75) is 0 Å². The molecular weight excluding hydrogens is 197 g/mol. The number of aryl methyl sites for hydroxylation is 1. The molecule has 0 saturated heterocycles. The molecular formula is C7H5ClFN3O. The zero-order valence-corrected chi connectivity index (χ0v) is 7.42. The summed E-state index contributed by atoms with van der Waals surface area (Å²) in [6.45, 7) is 0. The van der Waals surface area contributed by atoms with Crippen LogP contribution >= 0.6 is 11.6 Å². The predicted octanol–water partition coefficient (Wildman–Crippen LogP) is 0.825. The molecule has 0 aliphatic heterocycles. The van der Waals surface area contributed by atoms with E-state index in [1.54, 1.807) is 0 Å². The standard InChI is InChI=1S/C7H5ClFN3O/c1-11-7(13)12-3-4(8)2-5(9)6(12)10-11/h2-3H,1H3. The average molecular weight is 202 g/mol. The van der Waals surface area contributed by atoms with Gasteiger partial charge in [0.1, 0.15) is 0 Å². The van der Waals surface area contributed by atoms with E-state index in [-0.39, 0.29) is 10.7 Å². The summed E-state index contributed by atoms with van der Waals surface area (Å²) in [4.78, 5) is 11.3. The predicted molar refractivity (Wildman–Crippen MR) is 45.4 cm³/mol. The lowest BCUT2D eigenvalue weighted by atomic mass is 10.4. The Hall–Kier alpha value is -1.36. The molecule has 0 unspecified atom stereocenters. The molecule has 13 heavy (non-hydrogen) atoms. The van der Waals surface area contributed by atoms with Crippen LogP contribution in [-0.4, -0.2) is 14.2 Å². The molecule has 0 aromatic carbocycles. The van der Waals surface area contributed by atoms with Gasteiger partial charge in [0.2, 0.25) is 0 Å². The van der Waals surface area contributed by atoms with Crippen LogP contribution in [0.4, 0.5) is 4.39 Å². The number of hydrogen-bond donors (Lipinski definition) is 0. The molecule has 4 nitrogen and oxygen atoms in total. The lowest BCUT2D eigenvalue weighted by molar-refractivity contribution is 0.627. The highest BCUT2D eigenvalue weighted by molar-refractivity contribution is 6.30. The SMILES string of the molecule is Cn1nc2c(F)cc(Cl)cn2c1=O. The van der Waals surface area contributed by atoms with Crippen LogP contribution in [0.2, 0.25) is 5.02 Å². The van der Waals surface area contributed by atoms with E-state index in [9.17, 15) is 9.18 Å². The number of rotatable bonds is 0. The van der Waals surface area contributed by atoms with Crippen molar-refractivity contribution >= 4 is 17.2 Å². The van der Waals surface area contributed by atoms with Crippen LogP contribution in [0.15, 0.2) is 17.1 Å². The second kappa shape index (κ2) is 2.56. The Morgan fingerprint density at radius 1 is 1.62 bits per heavy atom. The first-order valence-corrected chi connectivity index (χ1v) is 3.88. The van der Waals surface area contributed by atoms with Gasteiger partial charge in [-0.25, -0.2) is 18.3 Å². The summed E-state index contributed by atoms with van der Waals surface area (Å²) < 4.78 is 15.2. The molecule has 68 valence electrons. The fraction of sp³-hybridized carbons (Fsp3) is 0.143. The van der Waals surface area contributed by atoms with Crippen molar-refractivity contribution in [1.82, 2.24) is 14.2 Å². The van der Waals surface area contributed by atoms with Crippen molar-refractivity contribution in [3.8, 4) is 0 Å². The molecule has 2 heterocycles. The van der Waals surface area contributed by atoms with E-state index < -0.39 is 11.5 Å². The molecule has 0 saturated carbocycles. The summed E-state index contributed by atoms with van der Waals surface area (Å²) in [7, 11) is 1.45. The molecule has 0 spiro atoms. The summed E-state index contributed by atoms with van der Waals surface area (Å²) in [5.74, 6) is -0.606. The van der Waals surface area contributed by atoms with Crippen LogP contribution < -0.4 is 5.69 Å². The van der Waals surface area contributed by atoms with Crippen LogP contribution in [0, 0.1) is 5.82 Å². The van der Waals surface area contributed by atoms with Gasteiger partial charge in [0.05, 0.1) is 5.02 Å². The van der Waals surface area contributed by atoms with Crippen molar-refractivity contribution < 1.29 is 4.39 Å². The minimum absolute atomic E-state index is 0.0168. The highest BCUT2D eigenvalue weighted by atomic mass is 35.5. The van der Waals surface area contributed by atoms with E-state index in [0.29, 0.717) is 0 Å². The van der Waals surface area contributed by atoms with Gasteiger partial charge in [0.15, 0.2) is 11.5 Å². The average Bonchev–Trinajstić information content (AvgIpc) is 2.32. The summed E-state index contributed by atoms with van der Waals surface area (Å²) in [6.07, 6.45) is 1.33. The second-order valence-electron chi connectivity index (χ2n) is 2.61. The molecule has 0 N–H and O–H groups in total. The van der Waals surface area contributed by atoms with E-state index in [1.807, 2.05) is 0 Å². The second-order valence-corrected chi connectivity index (χ2v) is 3.04. The van der Waals surface area contributed by atoms with Gasteiger partial charge in [0.25, 0.3) is 0 Å². The Morgan fingerprint density at radius 2 is 2.31 bits per heavy atom. The van der Waals surface area contributed by atoms with Crippen LogP contribution in [0.3, 0.4) is 0 Å². The highest BCUT2D eigenvalue weighted by Gasteiger charge is 2.09. The fourth-order valence-corrected chi connectivity index (χ4v) is 1.30. The summed E-state index contributed by atoms with van der Waals surface area (Å²) >= 11 is 5.57. The van der Waals surface area contributed by atoms with Crippen LogP contribution in [-0.2, 0) is 7.05 Å². The van der Waals surface area contributed by atoms with E-state index in [2.05, 4.69) is 5.10 Å². The van der Waals surface area contributed by atoms with Gasteiger partial charge in [0, 0.05) is 13.2 Å². The number of halogens is 2. The maximum atomic E-state index is 13.1. The Kier molecular flexibility index (Phi) is 1.63. The maximum absolute atomic E-state index is 13.1. The van der Waals surface area contributed by atoms with Crippen LogP contribution in [0.25, 0.3) is 5.65 Å². The van der Waals surface area contributed by atoms with Gasteiger partial charge in [-0.3, -0.25) is 0 Å². The normalized spacial score (nSPS) is 11.0. The van der Waals surface area contributed by atoms with Crippen molar-refractivity contribution in [2.75, 3.05) is 0 Å². The van der Waals surface area contributed by atoms with Gasteiger partial charge in [-0.1, -0.05) is 11.6 Å². The van der Waals surface area contributed by atoms with Crippen LogP contribution in [0.5, 0.6) is 0 Å². The third-order valence-corrected chi connectivity index (χ3v) is 1.89. The van der Waals surface area contributed by atoms with Crippen molar-refractivity contribution in [3.63, 3.8) is 0 Å². The number of fused-ring (bicyclic) bond motifs is 1. The zero-order valence-electron chi connectivity index (χ0n) is 6.66. The smallest absolute Gasteiger partial charge is 0.246 e. The molecule has 0 aliphatic carbocycles. The fourth-order valence-electron chi connectivity index (χ4n) is 1.10. The van der Waals surface area contributed by atoms with Gasteiger partial charge >= 0.3 is 5.69 Å². The molecule has 0 radical (unpaired) electrons. The zero-order chi connectivity index (χ0) is 9.59. The topological polar surface area (TPSA) is 39.3 Å². The number of hydrogen-bond acceptors (Lipinski definition) is 2. The monoisotopic (exact) mass is 201 g/mol. The van der Waals surface area contributed by atoms with Crippen LogP contribution in [0.1, 0.15) is 0 Å². The van der Waals surface area contributed by atoms with Crippen molar-refractivity contribution in [3.05, 3.63) is 33.6 Å². The first kappa shape index (κ1) is 8.25. The lowest BCUT2D eigenvalue weighted by Gasteiger charge is -1.92.